The Hall–Kier alpha value is -3.57. The molecule has 0 radical (unpaired) electrons. The van der Waals surface area contributed by atoms with Crippen LogP contribution in [0, 0.1) is 0 Å². The molecule has 3 N–H and O–H groups in total. The molecule has 1 aromatic carbocycles. The lowest BCUT2D eigenvalue weighted by Gasteiger charge is -2.19. The fraction of sp³-hybridized carbons (Fsp3) is 0.278. The zero-order valence-corrected chi connectivity index (χ0v) is 15.2. The lowest BCUT2D eigenvalue weighted by atomic mass is 10.2. The Kier molecular flexibility index (Phi) is 4.82. The minimum absolute atomic E-state index is 0.0135. The summed E-state index contributed by atoms with van der Waals surface area (Å²) in [7, 11) is 0. The molecular weight excluding hydrogens is 382 g/mol. The summed E-state index contributed by atoms with van der Waals surface area (Å²) in [4.78, 5) is 46.2. The Labute approximate surface area is 163 Å². The first kappa shape index (κ1) is 18.8. The quantitative estimate of drug-likeness (QED) is 0.527. The van der Waals surface area contributed by atoms with E-state index in [2.05, 4.69) is 20.3 Å². The van der Waals surface area contributed by atoms with Crippen LogP contribution in [0.1, 0.15) is 23.5 Å². The maximum Gasteiger partial charge on any atom is 0.338 e. The summed E-state index contributed by atoms with van der Waals surface area (Å²) in [5.41, 5.74) is -0.0855. The normalized spacial score (nSPS) is 21.2. The van der Waals surface area contributed by atoms with Crippen molar-refractivity contribution < 1.29 is 24.2 Å². The highest BCUT2D eigenvalue weighted by Crippen LogP contribution is 2.29. The number of H-pyrrole nitrogens is 1. The maximum absolute atomic E-state index is 12.2. The number of amides is 1. The number of imidazole rings is 1. The molecule has 1 amide bonds. The Morgan fingerprint density at radius 3 is 2.83 bits per heavy atom. The second kappa shape index (κ2) is 7.45. The van der Waals surface area contributed by atoms with Crippen LogP contribution in [0.2, 0.25) is 0 Å². The van der Waals surface area contributed by atoms with Crippen molar-refractivity contribution in [2.24, 2.45) is 0 Å². The molecule has 150 valence electrons. The SMILES string of the molecule is CC(=O)Nc1nc2c(ncn2[C@@H]2OC[C@H](OC(=O)c3ccccc3)[C@H]2O)c(=O)[nH]1. The number of nitrogens with zero attached hydrogens (tertiary/aromatic N) is 3. The maximum atomic E-state index is 12.2. The molecule has 1 aliphatic heterocycles. The van der Waals surface area contributed by atoms with Crippen LogP contribution in [-0.2, 0) is 14.3 Å². The number of rotatable bonds is 4. The number of aromatic nitrogens is 4. The topological polar surface area (TPSA) is 148 Å². The number of fused-ring (bicyclic) bond motifs is 1. The van der Waals surface area contributed by atoms with Gasteiger partial charge >= 0.3 is 5.97 Å². The molecular formula is C18H17N5O6. The first-order valence-corrected chi connectivity index (χ1v) is 8.74. The van der Waals surface area contributed by atoms with Gasteiger partial charge in [0.2, 0.25) is 11.9 Å². The number of hydrogen-bond acceptors (Lipinski definition) is 8. The minimum atomic E-state index is -1.22. The highest BCUT2D eigenvalue weighted by molar-refractivity contribution is 5.89. The number of aliphatic hydroxyl groups is 1. The van der Waals surface area contributed by atoms with Gasteiger partial charge in [0.05, 0.1) is 18.5 Å². The van der Waals surface area contributed by atoms with Gasteiger partial charge in [-0.05, 0) is 12.1 Å². The summed E-state index contributed by atoms with van der Waals surface area (Å²) in [6.07, 6.45) is -1.82. The van der Waals surface area contributed by atoms with Crippen LogP contribution in [-0.4, -0.2) is 55.3 Å². The van der Waals surface area contributed by atoms with Gasteiger partial charge in [0, 0.05) is 6.92 Å². The van der Waals surface area contributed by atoms with E-state index >= 15 is 0 Å². The van der Waals surface area contributed by atoms with Crippen LogP contribution >= 0.6 is 0 Å². The highest BCUT2D eigenvalue weighted by atomic mass is 16.6. The van der Waals surface area contributed by atoms with E-state index in [0.717, 1.165) is 0 Å². The third kappa shape index (κ3) is 3.60. The van der Waals surface area contributed by atoms with E-state index in [1.807, 2.05) is 0 Å². The highest BCUT2D eigenvalue weighted by Gasteiger charge is 2.40. The predicted molar refractivity (Wildman–Crippen MR) is 99.1 cm³/mol. The summed E-state index contributed by atoms with van der Waals surface area (Å²) in [5.74, 6) is -1.06. The molecule has 0 aliphatic carbocycles. The number of aliphatic hydroxyl groups excluding tert-OH is 1. The summed E-state index contributed by atoms with van der Waals surface area (Å²) in [6, 6.07) is 8.38. The molecule has 11 nitrogen and oxygen atoms in total. The van der Waals surface area contributed by atoms with Gasteiger partial charge in [-0.15, -0.1) is 0 Å². The number of aromatic amines is 1. The molecule has 1 fully saturated rings. The number of ether oxygens (including phenoxy) is 2. The van der Waals surface area contributed by atoms with Crippen molar-refractivity contribution in [1.82, 2.24) is 19.5 Å². The zero-order chi connectivity index (χ0) is 20.5. The lowest BCUT2D eigenvalue weighted by Crippen LogP contribution is -2.32. The van der Waals surface area contributed by atoms with Crippen molar-refractivity contribution in [2.75, 3.05) is 11.9 Å². The molecule has 0 spiro atoms. The summed E-state index contributed by atoms with van der Waals surface area (Å²) in [5, 5.41) is 13.0. The number of esters is 1. The van der Waals surface area contributed by atoms with Crippen molar-refractivity contribution in [1.29, 1.82) is 0 Å². The van der Waals surface area contributed by atoms with Crippen LogP contribution in [0.3, 0.4) is 0 Å². The second-order valence-electron chi connectivity index (χ2n) is 6.44. The Bertz CT molecular complexity index is 1120. The average molecular weight is 399 g/mol. The number of benzene rings is 1. The molecule has 1 aliphatic rings. The van der Waals surface area contributed by atoms with Crippen LogP contribution < -0.4 is 10.9 Å². The van der Waals surface area contributed by atoms with Crippen LogP contribution in [0.15, 0.2) is 41.5 Å². The number of hydrogen-bond donors (Lipinski definition) is 3. The fourth-order valence-corrected chi connectivity index (χ4v) is 3.04. The van der Waals surface area contributed by atoms with Gasteiger partial charge in [-0.25, -0.2) is 9.78 Å². The van der Waals surface area contributed by atoms with E-state index in [9.17, 15) is 19.5 Å². The molecule has 11 heteroatoms. The van der Waals surface area contributed by atoms with Crippen molar-refractivity contribution in [3.05, 3.63) is 52.6 Å². The fourth-order valence-electron chi connectivity index (χ4n) is 3.04. The van der Waals surface area contributed by atoms with Crippen molar-refractivity contribution in [3.63, 3.8) is 0 Å². The number of anilines is 1. The lowest BCUT2D eigenvalue weighted by molar-refractivity contribution is -0.114. The molecule has 3 aromatic rings. The number of nitrogens with one attached hydrogen (secondary N) is 2. The van der Waals surface area contributed by atoms with Crippen LogP contribution in [0.25, 0.3) is 11.2 Å². The zero-order valence-electron chi connectivity index (χ0n) is 15.2. The molecule has 3 heterocycles. The Balaban J connectivity index is 1.58. The number of carbonyl (C=O) groups excluding carboxylic acids is 2. The van der Waals surface area contributed by atoms with E-state index in [1.54, 1.807) is 30.3 Å². The van der Waals surface area contributed by atoms with E-state index in [-0.39, 0.29) is 23.7 Å². The second-order valence-corrected chi connectivity index (χ2v) is 6.44. The number of carbonyl (C=O) groups is 2. The minimum Gasteiger partial charge on any atom is -0.453 e. The molecule has 0 unspecified atom stereocenters. The van der Waals surface area contributed by atoms with Gasteiger partial charge in [-0.2, -0.15) is 4.98 Å². The Morgan fingerprint density at radius 2 is 2.10 bits per heavy atom. The molecule has 29 heavy (non-hydrogen) atoms. The van der Waals surface area contributed by atoms with Gasteiger partial charge < -0.3 is 14.6 Å². The molecule has 0 saturated carbocycles. The van der Waals surface area contributed by atoms with E-state index in [4.69, 9.17) is 9.47 Å². The standard InChI is InChI=1S/C18H17N5O6/c1-9(24)20-18-21-14-12(15(26)22-18)19-8-23(14)16-13(25)11(7-28-16)29-17(27)10-5-3-2-4-6-10/h2-6,8,11,13,16,25H,7H2,1H3,(H2,20,21,22,24,26)/t11-,13+,16+/m0/s1. The van der Waals surface area contributed by atoms with Crippen molar-refractivity contribution >= 4 is 29.0 Å². The molecule has 2 aromatic heterocycles. The largest absolute Gasteiger partial charge is 0.453 e. The summed E-state index contributed by atoms with van der Waals surface area (Å²) in [6.45, 7) is 1.23. The average Bonchev–Trinajstić information content (AvgIpc) is 3.26. The molecule has 0 bridgehead atoms. The van der Waals surface area contributed by atoms with Gasteiger partial charge in [0.1, 0.15) is 6.10 Å². The smallest absolute Gasteiger partial charge is 0.338 e. The Morgan fingerprint density at radius 1 is 1.34 bits per heavy atom. The molecule has 3 atom stereocenters. The third-order valence-corrected chi connectivity index (χ3v) is 4.37. The van der Waals surface area contributed by atoms with Gasteiger partial charge in [-0.1, -0.05) is 18.2 Å². The van der Waals surface area contributed by atoms with Crippen molar-refractivity contribution in [3.8, 4) is 0 Å². The first-order valence-electron chi connectivity index (χ1n) is 8.74. The predicted octanol–water partition coefficient (Wildman–Crippen LogP) is 0.193. The van der Waals surface area contributed by atoms with Crippen LogP contribution in [0.4, 0.5) is 5.95 Å². The van der Waals surface area contributed by atoms with E-state index in [0.29, 0.717) is 5.56 Å². The van der Waals surface area contributed by atoms with Crippen LogP contribution in [0.5, 0.6) is 0 Å². The third-order valence-electron chi connectivity index (χ3n) is 4.37. The summed E-state index contributed by atoms with van der Waals surface area (Å²) < 4.78 is 12.3. The molecule has 4 rings (SSSR count). The van der Waals surface area contributed by atoms with Gasteiger partial charge in [-0.3, -0.25) is 24.5 Å². The van der Waals surface area contributed by atoms with E-state index < -0.39 is 35.9 Å². The van der Waals surface area contributed by atoms with Gasteiger partial charge in [0.15, 0.2) is 23.5 Å². The first-order chi connectivity index (χ1) is 13.9. The van der Waals surface area contributed by atoms with E-state index in [1.165, 1.54) is 17.8 Å². The summed E-state index contributed by atoms with van der Waals surface area (Å²) >= 11 is 0. The van der Waals surface area contributed by atoms with Crippen molar-refractivity contribution in [2.45, 2.75) is 25.4 Å². The monoisotopic (exact) mass is 399 g/mol. The molecule has 1 saturated heterocycles. The van der Waals surface area contributed by atoms with Gasteiger partial charge in [0.25, 0.3) is 5.56 Å².